The molecule has 3 N–H and O–H groups in total. The van der Waals surface area contributed by atoms with E-state index in [1.807, 2.05) is 37.9 Å². The molecule has 0 unspecified atom stereocenters. The number of likely N-dealkylation sites (N-methyl/N-ethyl adjacent to an activating group) is 1. The molecule has 0 aromatic heterocycles. The van der Waals surface area contributed by atoms with Gasteiger partial charge in [0.25, 0.3) is 0 Å². The Morgan fingerprint density at radius 2 is 1.95 bits per heavy atom. The van der Waals surface area contributed by atoms with Gasteiger partial charge in [-0.15, -0.1) is 12.4 Å². The lowest BCUT2D eigenvalue weighted by molar-refractivity contribution is -0.117. The van der Waals surface area contributed by atoms with Gasteiger partial charge in [-0.25, -0.2) is 0 Å². The number of hydrogen-bond acceptors (Lipinski definition) is 3. The van der Waals surface area contributed by atoms with Gasteiger partial charge in [-0.2, -0.15) is 0 Å². The monoisotopic (exact) mass is 313 g/mol. The third kappa shape index (κ3) is 6.93. The van der Waals surface area contributed by atoms with Crippen LogP contribution >= 0.6 is 12.4 Å². The van der Waals surface area contributed by atoms with Gasteiger partial charge in [-0.05, 0) is 44.5 Å². The predicted molar refractivity (Wildman–Crippen MR) is 92.1 cm³/mol. The van der Waals surface area contributed by atoms with Gasteiger partial charge in [0.15, 0.2) is 0 Å². The normalized spacial score (nSPS) is 11.2. The maximum Gasteiger partial charge on any atom is 0.238 e. The summed E-state index contributed by atoms with van der Waals surface area (Å²) in [5, 5.41) is 2.96. The summed E-state index contributed by atoms with van der Waals surface area (Å²) in [5.74, 6) is 0.00674. The highest BCUT2D eigenvalue weighted by atomic mass is 35.5. The van der Waals surface area contributed by atoms with E-state index in [0.29, 0.717) is 13.1 Å². The molecule has 0 saturated carbocycles. The van der Waals surface area contributed by atoms with E-state index in [0.717, 1.165) is 17.8 Å². The minimum Gasteiger partial charge on any atom is -0.330 e. The van der Waals surface area contributed by atoms with E-state index in [1.165, 1.54) is 5.56 Å². The highest BCUT2D eigenvalue weighted by Crippen LogP contribution is 2.16. The molecule has 0 aliphatic heterocycles. The molecule has 0 atom stereocenters. The molecular weight excluding hydrogens is 286 g/mol. The minimum absolute atomic E-state index is 0. The molecule has 0 bridgehead atoms. The summed E-state index contributed by atoms with van der Waals surface area (Å²) in [5.41, 5.74) is 8.90. The van der Waals surface area contributed by atoms with Crippen molar-refractivity contribution in [3.8, 4) is 0 Å². The Bertz CT molecular complexity index is 475. The van der Waals surface area contributed by atoms with E-state index in [2.05, 4.69) is 25.2 Å². The Morgan fingerprint density at radius 3 is 2.48 bits per heavy atom. The van der Waals surface area contributed by atoms with E-state index < -0.39 is 0 Å². The Balaban J connectivity index is 0.00000400. The maximum absolute atomic E-state index is 12.1. The van der Waals surface area contributed by atoms with Crippen molar-refractivity contribution in [3.63, 3.8) is 0 Å². The fourth-order valence-corrected chi connectivity index (χ4v) is 2.24. The van der Waals surface area contributed by atoms with Gasteiger partial charge < -0.3 is 11.1 Å². The summed E-state index contributed by atoms with van der Waals surface area (Å²) in [7, 11) is 1.94. The Hall–Kier alpha value is -1.10. The van der Waals surface area contributed by atoms with E-state index in [-0.39, 0.29) is 23.7 Å². The first-order chi connectivity index (χ1) is 9.23. The van der Waals surface area contributed by atoms with E-state index in [1.54, 1.807) is 0 Å². The third-order valence-electron chi connectivity index (χ3n) is 3.32. The van der Waals surface area contributed by atoms with Gasteiger partial charge in [0, 0.05) is 12.2 Å². The first-order valence-electron chi connectivity index (χ1n) is 6.99. The van der Waals surface area contributed by atoms with Crippen LogP contribution in [0.1, 0.15) is 25.0 Å². The number of hydrogen-bond donors (Lipinski definition) is 2. The fraction of sp³-hybridized carbons (Fsp3) is 0.562. The Morgan fingerprint density at radius 1 is 1.33 bits per heavy atom. The lowest BCUT2D eigenvalue weighted by atomic mass is 9.93. The van der Waals surface area contributed by atoms with Crippen LogP contribution in [0.25, 0.3) is 0 Å². The molecular formula is C16H28ClN3O. The average Bonchev–Trinajstić information content (AvgIpc) is 2.32. The fourth-order valence-electron chi connectivity index (χ4n) is 2.24. The average molecular weight is 314 g/mol. The molecule has 0 spiro atoms. The molecule has 4 nitrogen and oxygen atoms in total. The molecule has 0 aliphatic carbocycles. The topological polar surface area (TPSA) is 58.4 Å². The Labute approximate surface area is 134 Å². The van der Waals surface area contributed by atoms with Crippen LogP contribution in [0.3, 0.4) is 0 Å². The molecule has 120 valence electrons. The van der Waals surface area contributed by atoms with Crippen molar-refractivity contribution in [2.75, 3.05) is 32.0 Å². The second-order valence-corrected chi connectivity index (χ2v) is 6.41. The van der Waals surface area contributed by atoms with Gasteiger partial charge >= 0.3 is 0 Å². The number of anilines is 1. The SMILES string of the molecule is Cc1ccc(NC(=O)CN(C)CC(C)(C)CN)c(C)c1.Cl. The number of nitrogens with one attached hydrogen (secondary N) is 1. The molecule has 21 heavy (non-hydrogen) atoms. The zero-order valence-electron chi connectivity index (χ0n) is 13.7. The second-order valence-electron chi connectivity index (χ2n) is 6.41. The highest BCUT2D eigenvalue weighted by Gasteiger charge is 2.19. The standard InChI is InChI=1S/C16H27N3O.ClH/c1-12-6-7-14(13(2)8-12)18-15(20)9-19(5)11-16(3,4)10-17;/h6-8H,9-11,17H2,1-5H3,(H,18,20);1H. The van der Waals surface area contributed by atoms with Crippen LogP contribution in [0, 0.1) is 19.3 Å². The number of aryl methyl sites for hydroxylation is 2. The van der Waals surface area contributed by atoms with Gasteiger partial charge in [0.1, 0.15) is 0 Å². The van der Waals surface area contributed by atoms with Crippen LogP contribution in [-0.4, -0.2) is 37.5 Å². The van der Waals surface area contributed by atoms with Crippen LogP contribution in [0.4, 0.5) is 5.69 Å². The zero-order valence-corrected chi connectivity index (χ0v) is 14.5. The van der Waals surface area contributed by atoms with E-state index >= 15 is 0 Å². The summed E-state index contributed by atoms with van der Waals surface area (Å²) in [6.45, 7) is 10.0. The van der Waals surface area contributed by atoms with Gasteiger partial charge in [0.05, 0.1) is 6.54 Å². The molecule has 0 fully saturated rings. The van der Waals surface area contributed by atoms with Crippen molar-refractivity contribution < 1.29 is 4.79 Å². The minimum atomic E-state index is 0. The van der Waals surface area contributed by atoms with Gasteiger partial charge in [-0.1, -0.05) is 31.5 Å². The molecule has 1 aromatic rings. The summed E-state index contributed by atoms with van der Waals surface area (Å²) in [4.78, 5) is 14.1. The van der Waals surface area contributed by atoms with E-state index in [4.69, 9.17) is 5.73 Å². The zero-order chi connectivity index (χ0) is 15.3. The first-order valence-corrected chi connectivity index (χ1v) is 6.99. The van der Waals surface area contributed by atoms with Crippen molar-refractivity contribution in [2.24, 2.45) is 11.1 Å². The lowest BCUT2D eigenvalue weighted by Crippen LogP contribution is -2.40. The van der Waals surface area contributed by atoms with Crippen LogP contribution in [0.15, 0.2) is 18.2 Å². The smallest absolute Gasteiger partial charge is 0.238 e. The number of benzene rings is 1. The molecule has 1 aromatic carbocycles. The number of halogens is 1. The molecule has 0 aliphatic rings. The highest BCUT2D eigenvalue weighted by molar-refractivity contribution is 5.92. The molecule has 0 heterocycles. The largest absolute Gasteiger partial charge is 0.330 e. The van der Waals surface area contributed by atoms with E-state index in [9.17, 15) is 4.79 Å². The molecule has 0 radical (unpaired) electrons. The van der Waals surface area contributed by atoms with Gasteiger partial charge in [0.2, 0.25) is 5.91 Å². The number of amides is 1. The van der Waals surface area contributed by atoms with Crippen molar-refractivity contribution in [2.45, 2.75) is 27.7 Å². The van der Waals surface area contributed by atoms with Crippen LogP contribution in [-0.2, 0) is 4.79 Å². The summed E-state index contributed by atoms with van der Waals surface area (Å²) >= 11 is 0. The summed E-state index contributed by atoms with van der Waals surface area (Å²) in [6, 6.07) is 6.02. The number of nitrogens with zero attached hydrogens (tertiary/aromatic N) is 1. The predicted octanol–water partition coefficient (Wildman–Crippen LogP) is 2.58. The molecule has 1 amide bonds. The quantitative estimate of drug-likeness (QED) is 0.848. The maximum atomic E-state index is 12.1. The lowest BCUT2D eigenvalue weighted by Gasteiger charge is -2.28. The summed E-state index contributed by atoms with van der Waals surface area (Å²) in [6.07, 6.45) is 0. The molecule has 1 rings (SSSR count). The van der Waals surface area contributed by atoms with Crippen molar-refractivity contribution in [1.29, 1.82) is 0 Å². The number of rotatable bonds is 6. The van der Waals surface area contributed by atoms with Crippen LogP contribution in [0.2, 0.25) is 0 Å². The van der Waals surface area contributed by atoms with Gasteiger partial charge in [-0.3, -0.25) is 9.69 Å². The number of nitrogens with two attached hydrogens (primary N) is 1. The number of carbonyl (C=O) groups excluding carboxylic acids is 1. The van der Waals surface area contributed by atoms with Crippen molar-refractivity contribution in [3.05, 3.63) is 29.3 Å². The number of carbonyl (C=O) groups is 1. The van der Waals surface area contributed by atoms with Crippen LogP contribution < -0.4 is 11.1 Å². The van der Waals surface area contributed by atoms with Crippen molar-refractivity contribution in [1.82, 2.24) is 4.90 Å². The Kier molecular flexibility index (Phi) is 7.93. The molecule has 5 heteroatoms. The third-order valence-corrected chi connectivity index (χ3v) is 3.32. The van der Waals surface area contributed by atoms with Crippen molar-refractivity contribution >= 4 is 24.0 Å². The first kappa shape index (κ1) is 19.9. The second kappa shape index (κ2) is 8.37. The van der Waals surface area contributed by atoms with Crippen LogP contribution in [0.5, 0.6) is 0 Å². The molecule has 0 saturated heterocycles. The summed E-state index contributed by atoms with van der Waals surface area (Å²) < 4.78 is 0.